The maximum Gasteiger partial charge on any atom is 0.307 e. The van der Waals surface area contributed by atoms with Gasteiger partial charge in [-0.25, -0.2) is 0 Å². The maximum absolute atomic E-state index is 10.8. The highest BCUT2D eigenvalue weighted by molar-refractivity contribution is 5.70. The van der Waals surface area contributed by atoms with E-state index in [4.69, 9.17) is 5.11 Å². The summed E-state index contributed by atoms with van der Waals surface area (Å²) in [5.41, 5.74) is 0. The second-order valence-electron chi connectivity index (χ2n) is 4.40. The Balaban J connectivity index is 1.66. The SMILES string of the molecule is O=C(O)C1CCN(CCCn2cccc2)C1. The number of aliphatic carboxylic acids is 1. The van der Waals surface area contributed by atoms with Crippen molar-refractivity contribution in [3.8, 4) is 0 Å². The van der Waals surface area contributed by atoms with Crippen LogP contribution in [0, 0.1) is 5.92 Å². The summed E-state index contributed by atoms with van der Waals surface area (Å²) >= 11 is 0. The first-order valence-electron chi connectivity index (χ1n) is 5.81. The van der Waals surface area contributed by atoms with E-state index in [1.165, 1.54) is 0 Å². The fraction of sp³-hybridized carbons (Fsp3) is 0.583. The van der Waals surface area contributed by atoms with Gasteiger partial charge in [-0.3, -0.25) is 4.79 Å². The molecule has 0 bridgehead atoms. The van der Waals surface area contributed by atoms with Crippen LogP contribution < -0.4 is 0 Å². The van der Waals surface area contributed by atoms with Crippen LogP contribution in [0.5, 0.6) is 0 Å². The number of hydrogen-bond donors (Lipinski definition) is 1. The minimum atomic E-state index is -0.645. The molecule has 1 unspecified atom stereocenters. The van der Waals surface area contributed by atoms with Crippen LogP contribution in [0.15, 0.2) is 24.5 Å². The van der Waals surface area contributed by atoms with Crippen LogP contribution in [-0.4, -0.2) is 40.2 Å². The molecule has 0 amide bonds. The number of hydrogen-bond acceptors (Lipinski definition) is 2. The third-order valence-electron chi connectivity index (χ3n) is 3.18. The van der Waals surface area contributed by atoms with E-state index in [0.717, 1.165) is 39.0 Å². The molecule has 1 aromatic rings. The molecule has 1 aliphatic rings. The minimum absolute atomic E-state index is 0.147. The number of aryl methyl sites for hydroxylation is 1. The van der Waals surface area contributed by atoms with Gasteiger partial charge in [0.15, 0.2) is 0 Å². The van der Waals surface area contributed by atoms with Crippen LogP contribution in [0.1, 0.15) is 12.8 Å². The number of carboxylic acids is 1. The Hall–Kier alpha value is -1.29. The Kier molecular flexibility index (Phi) is 3.62. The molecular weight excluding hydrogens is 204 g/mol. The molecule has 0 aliphatic carbocycles. The second kappa shape index (κ2) is 5.16. The Morgan fingerprint density at radius 1 is 1.31 bits per heavy atom. The Morgan fingerprint density at radius 2 is 2.06 bits per heavy atom. The van der Waals surface area contributed by atoms with Crippen molar-refractivity contribution in [2.45, 2.75) is 19.4 Å². The molecule has 16 heavy (non-hydrogen) atoms. The molecule has 4 heteroatoms. The quantitative estimate of drug-likeness (QED) is 0.816. The van der Waals surface area contributed by atoms with Crippen LogP contribution in [0.3, 0.4) is 0 Å². The summed E-state index contributed by atoms with van der Waals surface area (Å²) < 4.78 is 2.16. The maximum atomic E-state index is 10.8. The van der Waals surface area contributed by atoms with Crippen LogP contribution >= 0.6 is 0 Å². The zero-order valence-electron chi connectivity index (χ0n) is 9.38. The van der Waals surface area contributed by atoms with Gasteiger partial charge in [0.2, 0.25) is 0 Å². The summed E-state index contributed by atoms with van der Waals surface area (Å²) in [4.78, 5) is 13.0. The number of carbonyl (C=O) groups is 1. The Morgan fingerprint density at radius 3 is 2.69 bits per heavy atom. The molecule has 0 spiro atoms. The molecule has 1 atom stereocenters. The van der Waals surface area contributed by atoms with E-state index in [1.54, 1.807) is 0 Å². The summed E-state index contributed by atoms with van der Waals surface area (Å²) in [6, 6.07) is 4.05. The molecule has 1 N–H and O–H groups in total. The second-order valence-corrected chi connectivity index (χ2v) is 4.40. The number of rotatable bonds is 5. The first-order chi connectivity index (χ1) is 7.75. The van der Waals surface area contributed by atoms with E-state index >= 15 is 0 Å². The number of nitrogens with zero attached hydrogens (tertiary/aromatic N) is 2. The van der Waals surface area contributed by atoms with Gasteiger partial charge in [0.05, 0.1) is 5.92 Å². The van der Waals surface area contributed by atoms with Crippen molar-refractivity contribution < 1.29 is 9.90 Å². The minimum Gasteiger partial charge on any atom is -0.481 e. The van der Waals surface area contributed by atoms with Crippen LogP contribution in [0.4, 0.5) is 0 Å². The molecule has 0 radical (unpaired) electrons. The van der Waals surface area contributed by atoms with Crippen molar-refractivity contribution >= 4 is 5.97 Å². The predicted octanol–water partition coefficient (Wildman–Crippen LogP) is 1.28. The van der Waals surface area contributed by atoms with Gasteiger partial charge in [-0.1, -0.05) is 0 Å². The highest BCUT2D eigenvalue weighted by Crippen LogP contribution is 2.16. The van der Waals surface area contributed by atoms with E-state index in [1.807, 2.05) is 12.1 Å². The molecule has 1 fully saturated rings. The summed E-state index contributed by atoms with van der Waals surface area (Å²) in [5.74, 6) is -0.792. The van der Waals surface area contributed by atoms with Crippen molar-refractivity contribution in [2.75, 3.05) is 19.6 Å². The summed E-state index contributed by atoms with van der Waals surface area (Å²) in [5, 5.41) is 8.88. The van der Waals surface area contributed by atoms with E-state index in [0.29, 0.717) is 0 Å². The van der Waals surface area contributed by atoms with E-state index in [2.05, 4.69) is 21.9 Å². The average Bonchev–Trinajstić information content (AvgIpc) is 2.87. The van der Waals surface area contributed by atoms with Gasteiger partial charge < -0.3 is 14.6 Å². The van der Waals surface area contributed by atoms with Crippen LogP contribution in [-0.2, 0) is 11.3 Å². The molecule has 88 valence electrons. The average molecular weight is 222 g/mol. The summed E-state index contributed by atoms with van der Waals surface area (Å²) in [6.07, 6.45) is 6.01. The fourth-order valence-corrected chi connectivity index (χ4v) is 2.23. The van der Waals surface area contributed by atoms with Crippen molar-refractivity contribution in [3.63, 3.8) is 0 Å². The zero-order chi connectivity index (χ0) is 11.4. The monoisotopic (exact) mass is 222 g/mol. The largest absolute Gasteiger partial charge is 0.481 e. The lowest BCUT2D eigenvalue weighted by Crippen LogP contribution is -2.24. The van der Waals surface area contributed by atoms with Gasteiger partial charge in [-0.2, -0.15) is 0 Å². The number of carboxylic acid groups (broad SMARTS) is 1. The standard InChI is InChI=1S/C12H18N2O2/c15-12(16)11-4-9-14(10-11)8-3-7-13-5-1-2-6-13/h1-2,5-6,11H,3-4,7-10H2,(H,15,16). The molecular formula is C12H18N2O2. The van der Waals surface area contributed by atoms with E-state index < -0.39 is 5.97 Å². The number of aromatic nitrogens is 1. The van der Waals surface area contributed by atoms with Crippen molar-refractivity contribution in [1.82, 2.24) is 9.47 Å². The molecule has 1 aliphatic heterocycles. The van der Waals surface area contributed by atoms with Crippen LogP contribution in [0.2, 0.25) is 0 Å². The Labute approximate surface area is 95.5 Å². The number of likely N-dealkylation sites (tertiary alicyclic amines) is 1. The smallest absolute Gasteiger partial charge is 0.307 e. The molecule has 4 nitrogen and oxygen atoms in total. The predicted molar refractivity (Wildman–Crippen MR) is 61.2 cm³/mol. The van der Waals surface area contributed by atoms with Gasteiger partial charge in [-0.15, -0.1) is 0 Å². The lowest BCUT2D eigenvalue weighted by Gasteiger charge is -2.14. The van der Waals surface area contributed by atoms with Gasteiger partial charge in [0.1, 0.15) is 0 Å². The van der Waals surface area contributed by atoms with Gasteiger partial charge >= 0.3 is 5.97 Å². The summed E-state index contributed by atoms with van der Waals surface area (Å²) in [6.45, 7) is 3.67. The van der Waals surface area contributed by atoms with Gasteiger partial charge in [-0.05, 0) is 38.1 Å². The van der Waals surface area contributed by atoms with Crippen LogP contribution in [0.25, 0.3) is 0 Å². The van der Waals surface area contributed by atoms with Crippen molar-refractivity contribution in [3.05, 3.63) is 24.5 Å². The topological polar surface area (TPSA) is 45.5 Å². The Bertz CT molecular complexity index is 335. The molecule has 2 heterocycles. The normalized spacial score (nSPS) is 21.4. The van der Waals surface area contributed by atoms with Crippen molar-refractivity contribution in [2.24, 2.45) is 5.92 Å². The first-order valence-corrected chi connectivity index (χ1v) is 5.81. The first kappa shape index (κ1) is 11.2. The lowest BCUT2D eigenvalue weighted by molar-refractivity contribution is -0.141. The molecule has 0 aromatic carbocycles. The third-order valence-corrected chi connectivity index (χ3v) is 3.18. The highest BCUT2D eigenvalue weighted by Gasteiger charge is 2.27. The van der Waals surface area contributed by atoms with E-state index in [9.17, 15) is 4.79 Å². The fourth-order valence-electron chi connectivity index (χ4n) is 2.23. The molecule has 2 rings (SSSR count). The molecule has 1 saturated heterocycles. The van der Waals surface area contributed by atoms with Gasteiger partial charge in [0, 0.05) is 25.5 Å². The highest BCUT2D eigenvalue weighted by atomic mass is 16.4. The van der Waals surface area contributed by atoms with E-state index in [-0.39, 0.29) is 5.92 Å². The lowest BCUT2D eigenvalue weighted by atomic mass is 10.1. The molecule has 1 aromatic heterocycles. The van der Waals surface area contributed by atoms with Crippen molar-refractivity contribution in [1.29, 1.82) is 0 Å². The summed E-state index contributed by atoms with van der Waals surface area (Å²) in [7, 11) is 0. The third kappa shape index (κ3) is 2.85. The molecule has 0 saturated carbocycles. The van der Waals surface area contributed by atoms with Gasteiger partial charge in [0.25, 0.3) is 0 Å². The zero-order valence-corrected chi connectivity index (χ0v) is 9.38.